The van der Waals surface area contributed by atoms with Crippen molar-refractivity contribution in [3.8, 4) is 0 Å². The summed E-state index contributed by atoms with van der Waals surface area (Å²) in [5.41, 5.74) is 3.67. The zero-order chi connectivity index (χ0) is 13.1. The molecular formula is C16H20N2O. The number of benzene rings is 1. The Morgan fingerprint density at radius 3 is 2.79 bits per heavy atom. The van der Waals surface area contributed by atoms with E-state index in [2.05, 4.69) is 10.5 Å². The number of carbonyl (C=O) groups is 1. The zero-order valence-corrected chi connectivity index (χ0v) is 11.1. The van der Waals surface area contributed by atoms with Crippen molar-refractivity contribution in [2.45, 2.75) is 32.1 Å². The standard InChI is InChI=1S/C16H20N2O/c19-16(10-12-4-2-1-3-5-12)18-17-11-15-9-13-6-7-14(15)8-13/h1-5,11,13-15H,6-10H2,(H,18,19)/b17-11-/t13-,14+,15-/m1/s1. The van der Waals surface area contributed by atoms with Gasteiger partial charge in [0.05, 0.1) is 6.42 Å². The normalized spacial score (nSPS) is 28.9. The van der Waals surface area contributed by atoms with E-state index in [1.807, 2.05) is 36.5 Å². The molecule has 0 radical (unpaired) electrons. The molecule has 0 spiro atoms. The fourth-order valence-electron chi connectivity index (χ4n) is 3.50. The average molecular weight is 256 g/mol. The highest BCUT2D eigenvalue weighted by Gasteiger charge is 2.38. The van der Waals surface area contributed by atoms with Gasteiger partial charge >= 0.3 is 0 Å². The minimum atomic E-state index is -0.0365. The van der Waals surface area contributed by atoms with Crippen LogP contribution in [0.25, 0.3) is 0 Å². The van der Waals surface area contributed by atoms with Gasteiger partial charge in [0.1, 0.15) is 0 Å². The van der Waals surface area contributed by atoms with Crippen molar-refractivity contribution in [3.05, 3.63) is 35.9 Å². The molecular weight excluding hydrogens is 236 g/mol. The lowest BCUT2D eigenvalue weighted by molar-refractivity contribution is -0.120. The topological polar surface area (TPSA) is 41.5 Å². The molecule has 0 saturated heterocycles. The molecule has 0 aromatic heterocycles. The van der Waals surface area contributed by atoms with Crippen molar-refractivity contribution >= 4 is 12.1 Å². The Hall–Kier alpha value is -1.64. The van der Waals surface area contributed by atoms with Crippen molar-refractivity contribution in [2.24, 2.45) is 22.9 Å². The number of nitrogens with one attached hydrogen (secondary N) is 1. The average Bonchev–Trinajstić information content (AvgIpc) is 3.02. The van der Waals surface area contributed by atoms with Gasteiger partial charge in [-0.3, -0.25) is 4.79 Å². The Morgan fingerprint density at radius 2 is 2.11 bits per heavy atom. The molecule has 0 heterocycles. The van der Waals surface area contributed by atoms with Crippen LogP contribution in [0.2, 0.25) is 0 Å². The van der Waals surface area contributed by atoms with E-state index < -0.39 is 0 Å². The highest BCUT2D eigenvalue weighted by atomic mass is 16.2. The maximum atomic E-state index is 11.7. The van der Waals surface area contributed by atoms with Gasteiger partial charge in [-0.1, -0.05) is 36.8 Å². The number of carbonyl (C=O) groups excluding carboxylic acids is 1. The molecule has 2 fully saturated rings. The quantitative estimate of drug-likeness (QED) is 0.653. The van der Waals surface area contributed by atoms with E-state index in [1.54, 1.807) is 0 Å². The molecule has 1 aromatic carbocycles. The largest absolute Gasteiger partial charge is 0.273 e. The Kier molecular flexibility index (Phi) is 3.62. The van der Waals surface area contributed by atoms with E-state index in [1.165, 1.54) is 25.7 Å². The number of fused-ring (bicyclic) bond motifs is 2. The molecule has 3 rings (SSSR count). The molecule has 3 nitrogen and oxygen atoms in total. The predicted molar refractivity (Wildman–Crippen MR) is 75.7 cm³/mol. The van der Waals surface area contributed by atoms with Gasteiger partial charge in [0.25, 0.3) is 0 Å². The van der Waals surface area contributed by atoms with Crippen LogP contribution < -0.4 is 5.43 Å². The van der Waals surface area contributed by atoms with E-state index in [4.69, 9.17) is 0 Å². The molecule has 0 aliphatic heterocycles. The third-order valence-electron chi connectivity index (χ3n) is 4.46. The second-order valence-electron chi connectivity index (χ2n) is 5.81. The minimum absolute atomic E-state index is 0.0365. The summed E-state index contributed by atoms with van der Waals surface area (Å²) in [7, 11) is 0. The number of hydrazone groups is 1. The highest BCUT2D eigenvalue weighted by Crippen LogP contribution is 2.47. The number of nitrogens with zero attached hydrogens (tertiary/aromatic N) is 1. The van der Waals surface area contributed by atoms with E-state index in [0.717, 1.165) is 17.4 Å². The van der Waals surface area contributed by atoms with Crippen LogP contribution in [0.1, 0.15) is 31.2 Å². The molecule has 1 aromatic rings. The van der Waals surface area contributed by atoms with Crippen LogP contribution in [0, 0.1) is 17.8 Å². The van der Waals surface area contributed by atoms with Crippen LogP contribution in [0.15, 0.2) is 35.4 Å². The third kappa shape index (κ3) is 3.03. The number of rotatable bonds is 4. The number of hydrogen-bond donors (Lipinski definition) is 1. The Morgan fingerprint density at radius 1 is 1.26 bits per heavy atom. The second kappa shape index (κ2) is 5.55. The molecule has 19 heavy (non-hydrogen) atoms. The van der Waals surface area contributed by atoms with Crippen LogP contribution in [0.3, 0.4) is 0 Å². The third-order valence-corrected chi connectivity index (χ3v) is 4.46. The van der Waals surface area contributed by atoms with Crippen molar-refractivity contribution in [1.29, 1.82) is 0 Å². The fraction of sp³-hybridized carbons (Fsp3) is 0.500. The van der Waals surface area contributed by atoms with E-state index >= 15 is 0 Å². The SMILES string of the molecule is O=C(Cc1ccccc1)N/N=C\[C@H]1C[C@@H]2CC[C@H]1C2. The molecule has 2 aliphatic rings. The molecule has 1 amide bonds. The molecule has 2 bridgehead atoms. The van der Waals surface area contributed by atoms with E-state index in [0.29, 0.717) is 12.3 Å². The summed E-state index contributed by atoms with van der Waals surface area (Å²) in [5, 5.41) is 4.14. The Balaban J connectivity index is 1.46. The first-order valence-electron chi connectivity index (χ1n) is 7.17. The maximum absolute atomic E-state index is 11.7. The summed E-state index contributed by atoms with van der Waals surface area (Å²) < 4.78 is 0. The van der Waals surface area contributed by atoms with Crippen molar-refractivity contribution < 1.29 is 4.79 Å². The monoisotopic (exact) mass is 256 g/mol. The molecule has 1 N–H and O–H groups in total. The summed E-state index contributed by atoms with van der Waals surface area (Å²) in [6, 6.07) is 9.76. The molecule has 100 valence electrons. The van der Waals surface area contributed by atoms with Gasteiger partial charge in [-0.15, -0.1) is 0 Å². The molecule has 0 unspecified atom stereocenters. The molecule has 2 saturated carbocycles. The second-order valence-corrected chi connectivity index (χ2v) is 5.81. The lowest BCUT2D eigenvalue weighted by Gasteiger charge is -2.16. The van der Waals surface area contributed by atoms with Crippen LogP contribution in [-0.2, 0) is 11.2 Å². The fourth-order valence-corrected chi connectivity index (χ4v) is 3.50. The Labute approximate surface area is 114 Å². The van der Waals surface area contributed by atoms with Crippen molar-refractivity contribution in [3.63, 3.8) is 0 Å². The highest BCUT2D eigenvalue weighted by molar-refractivity contribution is 5.79. The Bertz CT molecular complexity index is 469. The summed E-state index contributed by atoms with van der Waals surface area (Å²) >= 11 is 0. The van der Waals surface area contributed by atoms with Crippen molar-refractivity contribution in [2.75, 3.05) is 0 Å². The smallest absolute Gasteiger partial charge is 0.244 e. The van der Waals surface area contributed by atoms with Gasteiger partial charge in [0.2, 0.25) is 5.91 Å². The lowest BCUT2D eigenvalue weighted by Crippen LogP contribution is -2.21. The first-order valence-corrected chi connectivity index (χ1v) is 7.17. The van der Waals surface area contributed by atoms with E-state index in [-0.39, 0.29) is 5.91 Å². The van der Waals surface area contributed by atoms with E-state index in [9.17, 15) is 4.79 Å². The molecule has 3 heteroatoms. The van der Waals surface area contributed by atoms with Gasteiger partial charge in [-0.05, 0) is 42.6 Å². The van der Waals surface area contributed by atoms with Gasteiger partial charge in [0.15, 0.2) is 0 Å². The summed E-state index contributed by atoms with van der Waals surface area (Å²) in [4.78, 5) is 11.7. The first kappa shape index (κ1) is 12.4. The van der Waals surface area contributed by atoms with Crippen LogP contribution in [-0.4, -0.2) is 12.1 Å². The first-order chi connectivity index (χ1) is 9.31. The number of amides is 1. The van der Waals surface area contributed by atoms with Gasteiger partial charge in [-0.2, -0.15) is 5.10 Å². The lowest BCUT2D eigenvalue weighted by atomic mass is 9.90. The molecule has 2 aliphatic carbocycles. The zero-order valence-electron chi connectivity index (χ0n) is 11.1. The van der Waals surface area contributed by atoms with Crippen LogP contribution in [0.4, 0.5) is 0 Å². The van der Waals surface area contributed by atoms with Gasteiger partial charge < -0.3 is 0 Å². The summed E-state index contributed by atoms with van der Waals surface area (Å²) in [6.45, 7) is 0. The van der Waals surface area contributed by atoms with Crippen LogP contribution >= 0.6 is 0 Å². The summed E-state index contributed by atoms with van der Waals surface area (Å²) in [5.74, 6) is 2.29. The van der Waals surface area contributed by atoms with Gasteiger partial charge in [-0.25, -0.2) is 5.43 Å². The summed E-state index contributed by atoms with van der Waals surface area (Å²) in [6.07, 6.45) is 7.74. The maximum Gasteiger partial charge on any atom is 0.244 e. The van der Waals surface area contributed by atoms with Gasteiger partial charge in [0, 0.05) is 6.21 Å². The number of hydrogen-bond acceptors (Lipinski definition) is 2. The molecule has 3 atom stereocenters. The van der Waals surface area contributed by atoms with Crippen molar-refractivity contribution in [1.82, 2.24) is 5.43 Å². The minimum Gasteiger partial charge on any atom is -0.273 e. The van der Waals surface area contributed by atoms with Crippen LogP contribution in [0.5, 0.6) is 0 Å². The predicted octanol–water partition coefficient (Wildman–Crippen LogP) is 2.77.